The highest BCUT2D eigenvalue weighted by Gasteiger charge is 2.22. The van der Waals surface area contributed by atoms with Crippen LogP contribution in [0.4, 0.5) is 11.4 Å². The molecule has 1 aliphatic carbocycles. The lowest BCUT2D eigenvalue weighted by Crippen LogP contribution is -2.36. The number of rotatable bonds is 5. The molecule has 0 radical (unpaired) electrons. The Balaban J connectivity index is 1.42. The molecule has 2 N–H and O–H groups in total. The predicted molar refractivity (Wildman–Crippen MR) is 122 cm³/mol. The third-order valence-corrected chi connectivity index (χ3v) is 6.25. The fraction of sp³-hybridized carbons (Fsp3) is 0.375. The minimum absolute atomic E-state index is 0.109. The second kappa shape index (κ2) is 9.52. The quantitative estimate of drug-likeness (QED) is 0.703. The summed E-state index contributed by atoms with van der Waals surface area (Å²) in [7, 11) is 0. The maximum absolute atomic E-state index is 12.7. The van der Waals surface area contributed by atoms with E-state index in [4.69, 9.17) is 11.6 Å². The molecule has 2 aromatic rings. The molecule has 0 unspecified atom stereocenters. The van der Waals surface area contributed by atoms with Crippen LogP contribution >= 0.6 is 11.6 Å². The third-order valence-electron chi connectivity index (χ3n) is 5.92. The number of hydrogen-bond acceptors (Lipinski definition) is 3. The Morgan fingerprint density at radius 1 is 0.935 bits per heavy atom. The van der Waals surface area contributed by atoms with Crippen molar-refractivity contribution in [2.75, 3.05) is 16.8 Å². The Morgan fingerprint density at radius 2 is 1.68 bits per heavy atom. The van der Waals surface area contributed by atoms with Crippen LogP contribution < -0.4 is 15.5 Å². The first kappa shape index (κ1) is 21.4. The highest BCUT2D eigenvalue weighted by atomic mass is 35.5. The number of anilines is 2. The van der Waals surface area contributed by atoms with Crippen molar-refractivity contribution in [2.24, 2.45) is 0 Å². The van der Waals surface area contributed by atoms with Crippen LogP contribution in [0.1, 0.15) is 65.7 Å². The molecule has 162 valence electrons. The van der Waals surface area contributed by atoms with Gasteiger partial charge in [-0.05, 0) is 61.7 Å². The fourth-order valence-corrected chi connectivity index (χ4v) is 4.41. The van der Waals surface area contributed by atoms with Gasteiger partial charge in [-0.1, -0.05) is 30.9 Å². The first-order valence-electron chi connectivity index (χ1n) is 10.8. The van der Waals surface area contributed by atoms with Crippen molar-refractivity contribution in [1.29, 1.82) is 0 Å². The van der Waals surface area contributed by atoms with Crippen LogP contribution in [0.15, 0.2) is 42.5 Å². The second-order valence-electron chi connectivity index (χ2n) is 8.15. The van der Waals surface area contributed by atoms with Crippen molar-refractivity contribution in [3.8, 4) is 0 Å². The molecule has 6 nitrogen and oxygen atoms in total. The molecular weight excluding hydrogens is 414 g/mol. The van der Waals surface area contributed by atoms with Gasteiger partial charge in [-0.3, -0.25) is 14.4 Å². The molecule has 2 aromatic carbocycles. The molecule has 1 saturated heterocycles. The number of amides is 3. The van der Waals surface area contributed by atoms with E-state index in [0.29, 0.717) is 34.8 Å². The Labute approximate surface area is 187 Å². The average Bonchev–Trinajstić information content (AvgIpc) is 3.21. The van der Waals surface area contributed by atoms with Gasteiger partial charge in [0.1, 0.15) is 0 Å². The fourth-order valence-electron chi connectivity index (χ4n) is 4.20. The summed E-state index contributed by atoms with van der Waals surface area (Å²) in [4.78, 5) is 39.0. The van der Waals surface area contributed by atoms with Crippen molar-refractivity contribution in [3.63, 3.8) is 0 Å². The molecule has 0 atom stereocenters. The number of carbonyl (C=O) groups excluding carboxylic acids is 3. The van der Waals surface area contributed by atoms with E-state index in [1.165, 1.54) is 6.42 Å². The molecule has 0 aromatic heterocycles. The molecule has 2 aliphatic rings. The zero-order valence-corrected chi connectivity index (χ0v) is 18.1. The predicted octanol–water partition coefficient (Wildman–Crippen LogP) is 4.78. The highest BCUT2D eigenvalue weighted by Crippen LogP contribution is 2.24. The molecule has 0 spiro atoms. The van der Waals surface area contributed by atoms with Crippen LogP contribution in [-0.2, 0) is 4.79 Å². The molecule has 1 aliphatic heterocycles. The molecule has 31 heavy (non-hydrogen) atoms. The maximum atomic E-state index is 12.7. The standard InChI is InChI=1S/C24H26ClN3O3/c25-21-13-10-18(15-20(21)24(31)26-17-5-2-1-3-6-17)27-23(30)16-8-11-19(12-9-16)28-14-4-7-22(28)29/h8-13,15,17H,1-7,14H2,(H,26,31)(H,27,30). The summed E-state index contributed by atoms with van der Waals surface area (Å²) < 4.78 is 0. The SMILES string of the molecule is O=C(Nc1ccc(Cl)c(C(=O)NC2CCCCC2)c1)c1ccc(N2CCCC2=O)cc1. The summed E-state index contributed by atoms with van der Waals surface area (Å²) in [5.74, 6) is -0.398. The summed E-state index contributed by atoms with van der Waals surface area (Å²) in [6.45, 7) is 0.709. The number of benzene rings is 2. The van der Waals surface area contributed by atoms with E-state index < -0.39 is 0 Å². The summed E-state index contributed by atoms with van der Waals surface area (Å²) in [5, 5.41) is 6.23. The minimum atomic E-state index is -0.291. The van der Waals surface area contributed by atoms with E-state index in [1.54, 1.807) is 47.4 Å². The Morgan fingerprint density at radius 3 is 2.35 bits per heavy atom. The Kier molecular flexibility index (Phi) is 6.56. The van der Waals surface area contributed by atoms with Crippen molar-refractivity contribution in [1.82, 2.24) is 5.32 Å². The zero-order chi connectivity index (χ0) is 21.8. The van der Waals surface area contributed by atoms with Gasteiger partial charge in [0, 0.05) is 35.9 Å². The number of hydrogen-bond donors (Lipinski definition) is 2. The molecule has 1 heterocycles. The second-order valence-corrected chi connectivity index (χ2v) is 8.56. The van der Waals surface area contributed by atoms with Crippen LogP contribution in [-0.4, -0.2) is 30.3 Å². The molecule has 0 bridgehead atoms. The van der Waals surface area contributed by atoms with E-state index in [9.17, 15) is 14.4 Å². The number of carbonyl (C=O) groups is 3. The zero-order valence-electron chi connectivity index (χ0n) is 17.3. The number of nitrogens with zero attached hydrogens (tertiary/aromatic N) is 1. The normalized spacial score (nSPS) is 16.9. The minimum Gasteiger partial charge on any atom is -0.349 e. The first-order chi connectivity index (χ1) is 15.0. The van der Waals surface area contributed by atoms with Gasteiger partial charge in [0.2, 0.25) is 5.91 Å². The smallest absolute Gasteiger partial charge is 0.255 e. The van der Waals surface area contributed by atoms with Gasteiger partial charge in [-0.15, -0.1) is 0 Å². The lowest BCUT2D eigenvalue weighted by molar-refractivity contribution is -0.117. The lowest BCUT2D eigenvalue weighted by Gasteiger charge is -2.23. The first-order valence-corrected chi connectivity index (χ1v) is 11.2. The van der Waals surface area contributed by atoms with Gasteiger partial charge in [0.05, 0.1) is 10.6 Å². The topological polar surface area (TPSA) is 78.5 Å². The molecular formula is C24H26ClN3O3. The number of halogens is 1. The van der Waals surface area contributed by atoms with E-state index in [-0.39, 0.29) is 23.8 Å². The van der Waals surface area contributed by atoms with Crippen LogP contribution in [0.25, 0.3) is 0 Å². The van der Waals surface area contributed by atoms with Gasteiger partial charge >= 0.3 is 0 Å². The van der Waals surface area contributed by atoms with Crippen LogP contribution in [0, 0.1) is 0 Å². The molecule has 1 saturated carbocycles. The van der Waals surface area contributed by atoms with E-state index >= 15 is 0 Å². The van der Waals surface area contributed by atoms with Gasteiger partial charge in [0.25, 0.3) is 11.8 Å². The third kappa shape index (κ3) is 5.07. The van der Waals surface area contributed by atoms with Crippen LogP contribution in [0.3, 0.4) is 0 Å². The average molecular weight is 440 g/mol. The highest BCUT2D eigenvalue weighted by molar-refractivity contribution is 6.34. The van der Waals surface area contributed by atoms with Crippen molar-refractivity contribution < 1.29 is 14.4 Å². The summed E-state index contributed by atoms with van der Waals surface area (Å²) in [6.07, 6.45) is 6.85. The Bertz CT molecular complexity index is 984. The monoisotopic (exact) mass is 439 g/mol. The van der Waals surface area contributed by atoms with Gasteiger partial charge in [-0.2, -0.15) is 0 Å². The summed E-state index contributed by atoms with van der Waals surface area (Å²) in [6, 6.07) is 12.0. The maximum Gasteiger partial charge on any atom is 0.255 e. The van der Waals surface area contributed by atoms with Gasteiger partial charge < -0.3 is 15.5 Å². The van der Waals surface area contributed by atoms with E-state index in [0.717, 1.165) is 37.8 Å². The van der Waals surface area contributed by atoms with Crippen molar-refractivity contribution in [3.05, 3.63) is 58.6 Å². The Hall–Kier alpha value is -2.86. The van der Waals surface area contributed by atoms with E-state index in [1.807, 2.05) is 0 Å². The number of nitrogens with one attached hydrogen (secondary N) is 2. The van der Waals surface area contributed by atoms with Crippen LogP contribution in [0.5, 0.6) is 0 Å². The molecule has 7 heteroatoms. The summed E-state index contributed by atoms with van der Waals surface area (Å²) >= 11 is 6.25. The van der Waals surface area contributed by atoms with E-state index in [2.05, 4.69) is 10.6 Å². The summed E-state index contributed by atoms with van der Waals surface area (Å²) in [5.41, 5.74) is 2.13. The van der Waals surface area contributed by atoms with Crippen molar-refractivity contribution in [2.45, 2.75) is 51.0 Å². The molecule has 2 fully saturated rings. The molecule has 4 rings (SSSR count). The lowest BCUT2D eigenvalue weighted by atomic mass is 9.95. The molecule has 3 amide bonds. The van der Waals surface area contributed by atoms with Gasteiger partial charge in [-0.25, -0.2) is 0 Å². The largest absolute Gasteiger partial charge is 0.349 e. The van der Waals surface area contributed by atoms with Crippen LogP contribution in [0.2, 0.25) is 5.02 Å². The van der Waals surface area contributed by atoms with Gasteiger partial charge in [0.15, 0.2) is 0 Å². The van der Waals surface area contributed by atoms with Crippen molar-refractivity contribution >= 4 is 40.7 Å².